The number of aryl methyl sites for hydroxylation is 1. The number of aromatic nitrogens is 3. The standard InChI is InChI=1S/C22H24IN5O2S/c1-4-28-20(15(3)24-21(30)16-8-6-5-7-9-16)26-27-22(28)31-13-19(29)25-18-11-10-17(23)12-14(18)2/h5-12,15H,4,13H2,1-3H3,(H,24,30)(H,25,29)/t15-/m1/s1. The minimum absolute atomic E-state index is 0.105. The fourth-order valence-corrected chi connectivity index (χ4v) is 4.50. The first-order valence-electron chi connectivity index (χ1n) is 9.86. The minimum Gasteiger partial charge on any atom is -0.342 e. The largest absolute Gasteiger partial charge is 0.342 e. The van der Waals surface area contributed by atoms with E-state index in [2.05, 4.69) is 43.4 Å². The topological polar surface area (TPSA) is 88.9 Å². The van der Waals surface area contributed by atoms with E-state index in [0.717, 1.165) is 14.8 Å². The second kappa shape index (κ2) is 10.8. The maximum absolute atomic E-state index is 12.4. The van der Waals surface area contributed by atoms with Crippen LogP contribution >= 0.6 is 34.4 Å². The molecule has 1 atom stereocenters. The van der Waals surface area contributed by atoms with Crippen molar-refractivity contribution in [2.24, 2.45) is 0 Å². The Labute approximate surface area is 199 Å². The van der Waals surface area contributed by atoms with Gasteiger partial charge in [-0.3, -0.25) is 9.59 Å². The van der Waals surface area contributed by atoms with Crippen molar-refractivity contribution in [1.29, 1.82) is 0 Å². The molecule has 0 bridgehead atoms. The molecule has 0 aliphatic heterocycles. The Morgan fingerprint density at radius 2 is 1.90 bits per heavy atom. The molecule has 31 heavy (non-hydrogen) atoms. The first-order chi connectivity index (χ1) is 14.9. The second-order valence-electron chi connectivity index (χ2n) is 6.94. The normalized spacial score (nSPS) is 11.7. The lowest BCUT2D eigenvalue weighted by molar-refractivity contribution is -0.113. The predicted octanol–water partition coefficient (Wildman–Crippen LogP) is 4.43. The van der Waals surface area contributed by atoms with Crippen LogP contribution in [0, 0.1) is 10.5 Å². The summed E-state index contributed by atoms with van der Waals surface area (Å²) in [5.41, 5.74) is 2.42. The third-order valence-corrected chi connectivity index (χ3v) is 6.27. The average Bonchev–Trinajstić information content (AvgIpc) is 3.18. The maximum atomic E-state index is 12.4. The van der Waals surface area contributed by atoms with Gasteiger partial charge in [0.2, 0.25) is 5.91 Å². The van der Waals surface area contributed by atoms with Gasteiger partial charge in [0, 0.05) is 21.4 Å². The molecule has 2 N–H and O–H groups in total. The van der Waals surface area contributed by atoms with Crippen LogP contribution in [0.25, 0.3) is 0 Å². The van der Waals surface area contributed by atoms with Gasteiger partial charge >= 0.3 is 0 Å². The highest BCUT2D eigenvalue weighted by molar-refractivity contribution is 14.1. The Morgan fingerprint density at radius 3 is 2.58 bits per heavy atom. The smallest absolute Gasteiger partial charge is 0.251 e. The lowest BCUT2D eigenvalue weighted by Gasteiger charge is -2.15. The van der Waals surface area contributed by atoms with Gasteiger partial charge in [0.25, 0.3) is 5.91 Å². The summed E-state index contributed by atoms with van der Waals surface area (Å²) >= 11 is 3.57. The summed E-state index contributed by atoms with van der Waals surface area (Å²) < 4.78 is 3.05. The van der Waals surface area contributed by atoms with Gasteiger partial charge in [-0.2, -0.15) is 0 Å². The highest BCUT2D eigenvalue weighted by Crippen LogP contribution is 2.22. The van der Waals surface area contributed by atoms with Gasteiger partial charge < -0.3 is 15.2 Å². The molecule has 0 spiro atoms. The minimum atomic E-state index is -0.322. The Kier molecular flexibility index (Phi) is 8.08. The van der Waals surface area contributed by atoms with E-state index in [1.807, 2.05) is 61.7 Å². The number of hydrogen-bond acceptors (Lipinski definition) is 5. The molecule has 2 amide bonds. The summed E-state index contributed by atoms with van der Waals surface area (Å²) in [4.78, 5) is 24.9. The summed E-state index contributed by atoms with van der Waals surface area (Å²) in [5, 5.41) is 15.0. The van der Waals surface area contributed by atoms with Gasteiger partial charge in [-0.15, -0.1) is 10.2 Å². The Morgan fingerprint density at radius 1 is 1.16 bits per heavy atom. The third kappa shape index (κ3) is 6.07. The summed E-state index contributed by atoms with van der Waals surface area (Å²) in [6.07, 6.45) is 0. The molecule has 1 heterocycles. The van der Waals surface area contributed by atoms with E-state index in [9.17, 15) is 9.59 Å². The van der Waals surface area contributed by atoms with Crippen molar-refractivity contribution >= 4 is 51.9 Å². The molecule has 3 aromatic rings. The SMILES string of the molecule is CCn1c(SCC(=O)Nc2ccc(I)cc2C)nnc1[C@@H](C)NC(=O)c1ccccc1. The molecule has 1 aromatic heterocycles. The van der Waals surface area contributed by atoms with E-state index in [-0.39, 0.29) is 23.6 Å². The number of hydrogen-bond donors (Lipinski definition) is 2. The van der Waals surface area contributed by atoms with Crippen molar-refractivity contribution in [1.82, 2.24) is 20.1 Å². The van der Waals surface area contributed by atoms with Gasteiger partial charge in [-0.25, -0.2) is 0 Å². The van der Waals surface area contributed by atoms with Crippen LogP contribution < -0.4 is 10.6 Å². The monoisotopic (exact) mass is 549 g/mol. The number of benzene rings is 2. The molecule has 2 aromatic carbocycles. The summed E-state index contributed by atoms with van der Waals surface area (Å²) in [5.74, 6) is 0.601. The fraction of sp³-hybridized carbons (Fsp3) is 0.273. The Balaban J connectivity index is 1.62. The molecular formula is C22H24IN5O2S. The van der Waals surface area contributed by atoms with Crippen LogP contribution in [0.15, 0.2) is 53.7 Å². The van der Waals surface area contributed by atoms with Gasteiger partial charge in [-0.05, 0) is 79.3 Å². The lowest BCUT2D eigenvalue weighted by Crippen LogP contribution is -2.28. The highest BCUT2D eigenvalue weighted by atomic mass is 127. The lowest BCUT2D eigenvalue weighted by atomic mass is 10.2. The van der Waals surface area contributed by atoms with Crippen molar-refractivity contribution in [2.45, 2.75) is 38.5 Å². The number of anilines is 1. The number of nitrogens with one attached hydrogen (secondary N) is 2. The zero-order chi connectivity index (χ0) is 22.4. The van der Waals surface area contributed by atoms with E-state index in [1.54, 1.807) is 12.1 Å². The molecule has 162 valence electrons. The average molecular weight is 549 g/mol. The Hall–Kier alpha value is -2.40. The molecule has 0 saturated carbocycles. The molecule has 0 radical (unpaired) electrons. The van der Waals surface area contributed by atoms with Crippen LogP contribution in [0.3, 0.4) is 0 Å². The van der Waals surface area contributed by atoms with Crippen LogP contribution in [-0.2, 0) is 11.3 Å². The van der Waals surface area contributed by atoms with Crippen LogP contribution in [0.1, 0.15) is 41.6 Å². The summed E-state index contributed by atoms with van der Waals surface area (Å²) in [7, 11) is 0. The predicted molar refractivity (Wildman–Crippen MR) is 131 cm³/mol. The molecule has 0 aliphatic rings. The quantitative estimate of drug-likeness (QED) is 0.321. The number of rotatable bonds is 8. The molecule has 7 nitrogen and oxygen atoms in total. The van der Waals surface area contributed by atoms with Crippen molar-refractivity contribution < 1.29 is 9.59 Å². The van der Waals surface area contributed by atoms with Crippen molar-refractivity contribution in [3.63, 3.8) is 0 Å². The van der Waals surface area contributed by atoms with Crippen LogP contribution in [-0.4, -0.2) is 32.3 Å². The van der Waals surface area contributed by atoms with Crippen LogP contribution in [0.5, 0.6) is 0 Å². The number of halogens is 1. The molecule has 0 unspecified atom stereocenters. The molecule has 3 rings (SSSR count). The van der Waals surface area contributed by atoms with Crippen molar-refractivity contribution in [2.75, 3.05) is 11.1 Å². The van der Waals surface area contributed by atoms with E-state index in [0.29, 0.717) is 23.1 Å². The van der Waals surface area contributed by atoms with E-state index < -0.39 is 0 Å². The first-order valence-corrected chi connectivity index (χ1v) is 11.9. The highest BCUT2D eigenvalue weighted by Gasteiger charge is 2.20. The van der Waals surface area contributed by atoms with Crippen LogP contribution in [0.4, 0.5) is 5.69 Å². The number of carbonyl (C=O) groups excluding carboxylic acids is 2. The molecule has 0 fully saturated rings. The number of nitrogens with zero attached hydrogens (tertiary/aromatic N) is 3. The molecule has 0 aliphatic carbocycles. The third-order valence-electron chi connectivity index (χ3n) is 4.63. The summed E-state index contributed by atoms with van der Waals surface area (Å²) in [6.45, 7) is 6.46. The molecular weight excluding hydrogens is 525 g/mol. The second-order valence-corrected chi connectivity index (χ2v) is 9.13. The number of carbonyl (C=O) groups is 2. The van der Waals surface area contributed by atoms with Crippen molar-refractivity contribution in [3.05, 3.63) is 69.1 Å². The zero-order valence-electron chi connectivity index (χ0n) is 17.6. The first kappa shape index (κ1) is 23.3. The number of thioether (sulfide) groups is 1. The van der Waals surface area contributed by atoms with Gasteiger partial charge in [-0.1, -0.05) is 30.0 Å². The Bertz CT molecular complexity index is 1070. The van der Waals surface area contributed by atoms with Crippen LogP contribution in [0.2, 0.25) is 0 Å². The van der Waals surface area contributed by atoms with E-state index in [4.69, 9.17) is 0 Å². The van der Waals surface area contributed by atoms with E-state index in [1.165, 1.54) is 11.8 Å². The fourth-order valence-electron chi connectivity index (χ4n) is 3.04. The van der Waals surface area contributed by atoms with Gasteiger partial charge in [0.05, 0.1) is 11.8 Å². The summed E-state index contributed by atoms with van der Waals surface area (Å²) in [6, 6.07) is 14.6. The van der Waals surface area contributed by atoms with Crippen molar-refractivity contribution in [3.8, 4) is 0 Å². The van der Waals surface area contributed by atoms with Gasteiger partial charge in [0.15, 0.2) is 11.0 Å². The maximum Gasteiger partial charge on any atom is 0.251 e. The number of amides is 2. The zero-order valence-corrected chi connectivity index (χ0v) is 20.5. The van der Waals surface area contributed by atoms with E-state index >= 15 is 0 Å². The molecule has 0 saturated heterocycles. The van der Waals surface area contributed by atoms with Gasteiger partial charge in [0.1, 0.15) is 0 Å². The molecule has 9 heteroatoms.